The van der Waals surface area contributed by atoms with Crippen LogP contribution in [0.4, 0.5) is 4.39 Å². The maximum atomic E-state index is 13.2. The van der Waals surface area contributed by atoms with Gasteiger partial charge in [-0.25, -0.2) is 4.39 Å². The van der Waals surface area contributed by atoms with E-state index in [0.717, 1.165) is 35.3 Å². The maximum absolute atomic E-state index is 13.2. The molecule has 0 unspecified atom stereocenters. The van der Waals surface area contributed by atoms with Gasteiger partial charge in [0, 0.05) is 29.7 Å². The minimum absolute atomic E-state index is 0. The van der Waals surface area contributed by atoms with Crippen LogP contribution in [0, 0.1) is 3.57 Å². The first kappa shape index (κ1) is 18.4. The molecule has 1 heterocycles. The van der Waals surface area contributed by atoms with E-state index in [0.29, 0.717) is 0 Å². The molecule has 1 atom stereocenters. The molecule has 0 amide bonds. The van der Waals surface area contributed by atoms with E-state index in [-0.39, 0.29) is 37.5 Å². The Balaban J connectivity index is 0.00000144. The Morgan fingerprint density at radius 1 is 1.22 bits per heavy atom. The van der Waals surface area contributed by atoms with E-state index in [1.54, 1.807) is 0 Å². The number of rotatable bonds is 3. The van der Waals surface area contributed by atoms with Crippen LogP contribution in [0.25, 0.3) is 0 Å². The lowest BCUT2D eigenvalue weighted by molar-refractivity contribution is 0.147. The van der Waals surface area contributed by atoms with Crippen LogP contribution in [0.5, 0.6) is 0 Å². The first-order chi connectivity index (χ1) is 7.83. The van der Waals surface area contributed by atoms with E-state index in [9.17, 15) is 4.39 Å². The lowest BCUT2D eigenvalue weighted by atomic mass is 10.1. The first-order valence-corrected chi connectivity index (χ1v) is 6.66. The SMILES string of the molecule is Cl.Cl.FC[C@H](c1ccccc1I)N1CCNCC1. The number of nitrogens with one attached hydrogen (secondary N) is 1. The van der Waals surface area contributed by atoms with Crippen molar-refractivity contribution in [2.75, 3.05) is 32.9 Å². The molecule has 0 spiro atoms. The van der Waals surface area contributed by atoms with Crippen molar-refractivity contribution in [3.8, 4) is 0 Å². The van der Waals surface area contributed by atoms with Crippen molar-refractivity contribution in [1.82, 2.24) is 10.2 Å². The van der Waals surface area contributed by atoms with Gasteiger partial charge in [0.1, 0.15) is 6.67 Å². The second-order valence-corrected chi connectivity index (χ2v) is 5.14. The van der Waals surface area contributed by atoms with E-state index in [2.05, 4.69) is 32.8 Å². The topological polar surface area (TPSA) is 15.3 Å². The van der Waals surface area contributed by atoms with Crippen molar-refractivity contribution in [2.24, 2.45) is 0 Å². The van der Waals surface area contributed by atoms with Crippen molar-refractivity contribution >= 4 is 47.4 Å². The van der Waals surface area contributed by atoms with Gasteiger partial charge in [-0.15, -0.1) is 24.8 Å². The predicted molar refractivity (Wildman–Crippen MR) is 86.8 cm³/mol. The molecule has 0 radical (unpaired) electrons. The van der Waals surface area contributed by atoms with Gasteiger partial charge in [-0.3, -0.25) is 4.90 Å². The molecule has 1 aliphatic rings. The normalized spacial score (nSPS) is 17.4. The van der Waals surface area contributed by atoms with Gasteiger partial charge in [-0.2, -0.15) is 0 Å². The van der Waals surface area contributed by atoms with E-state index >= 15 is 0 Å². The third kappa shape index (κ3) is 4.49. The number of hydrogen-bond donors (Lipinski definition) is 1. The van der Waals surface area contributed by atoms with Gasteiger partial charge in [0.05, 0.1) is 6.04 Å². The summed E-state index contributed by atoms with van der Waals surface area (Å²) in [5, 5.41) is 3.29. The van der Waals surface area contributed by atoms with Gasteiger partial charge < -0.3 is 5.32 Å². The monoisotopic (exact) mass is 406 g/mol. The number of hydrogen-bond acceptors (Lipinski definition) is 2. The molecular weight excluding hydrogens is 389 g/mol. The summed E-state index contributed by atoms with van der Waals surface area (Å²) in [4.78, 5) is 2.23. The minimum Gasteiger partial charge on any atom is -0.314 e. The molecule has 0 aliphatic carbocycles. The van der Waals surface area contributed by atoms with E-state index in [1.807, 2.05) is 24.3 Å². The highest BCUT2D eigenvalue weighted by atomic mass is 127. The summed E-state index contributed by atoms with van der Waals surface area (Å²) in [7, 11) is 0. The van der Waals surface area contributed by atoms with Gasteiger partial charge in [0.15, 0.2) is 0 Å². The Morgan fingerprint density at radius 3 is 2.39 bits per heavy atom. The van der Waals surface area contributed by atoms with Crippen molar-refractivity contribution in [2.45, 2.75) is 6.04 Å². The summed E-state index contributed by atoms with van der Waals surface area (Å²) in [6.07, 6.45) is 0. The molecule has 1 aromatic rings. The zero-order chi connectivity index (χ0) is 11.4. The average Bonchev–Trinajstić information content (AvgIpc) is 2.34. The fraction of sp³-hybridized carbons (Fsp3) is 0.500. The van der Waals surface area contributed by atoms with Crippen LogP contribution in [0.2, 0.25) is 0 Å². The summed E-state index contributed by atoms with van der Waals surface area (Å²) >= 11 is 2.29. The first-order valence-electron chi connectivity index (χ1n) is 5.58. The van der Waals surface area contributed by atoms with Crippen LogP contribution >= 0.6 is 47.4 Å². The molecule has 0 aromatic heterocycles. The maximum Gasteiger partial charge on any atom is 0.109 e. The van der Waals surface area contributed by atoms with Crippen LogP contribution < -0.4 is 5.32 Å². The predicted octanol–water partition coefficient (Wildman–Crippen LogP) is 3.05. The molecule has 1 N–H and O–H groups in total. The van der Waals surface area contributed by atoms with Crippen LogP contribution in [0.15, 0.2) is 24.3 Å². The van der Waals surface area contributed by atoms with Gasteiger partial charge in [-0.1, -0.05) is 18.2 Å². The summed E-state index contributed by atoms with van der Waals surface area (Å²) in [5.41, 5.74) is 1.12. The molecule has 1 aromatic carbocycles. The summed E-state index contributed by atoms with van der Waals surface area (Å²) in [5.74, 6) is 0. The van der Waals surface area contributed by atoms with Gasteiger partial charge >= 0.3 is 0 Å². The van der Waals surface area contributed by atoms with Crippen molar-refractivity contribution < 1.29 is 4.39 Å². The molecule has 18 heavy (non-hydrogen) atoms. The van der Waals surface area contributed by atoms with Gasteiger partial charge in [-0.05, 0) is 34.2 Å². The van der Waals surface area contributed by atoms with Crippen LogP contribution in [0.3, 0.4) is 0 Å². The lowest BCUT2D eigenvalue weighted by Crippen LogP contribution is -2.45. The Morgan fingerprint density at radius 2 is 1.83 bits per heavy atom. The Hall–Kier alpha value is 0.380. The zero-order valence-electron chi connectivity index (χ0n) is 9.94. The second-order valence-electron chi connectivity index (χ2n) is 3.98. The molecule has 1 aliphatic heterocycles. The second kappa shape index (κ2) is 9.31. The highest BCUT2D eigenvalue weighted by Gasteiger charge is 2.23. The highest BCUT2D eigenvalue weighted by molar-refractivity contribution is 14.1. The Kier molecular flexibility index (Phi) is 9.51. The molecule has 2 rings (SSSR count). The fourth-order valence-corrected chi connectivity index (χ4v) is 2.86. The molecule has 2 nitrogen and oxygen atoms in total. The average molecular weight is 407 g/mol. The number of nitrogens with zero attached hydrogens (tertiary/aromatic N) is 1. The number of halogens is 4. The molecule has 0 bridgehead atoms. The molecule has 1 saturated heterocycles. The minimum atomic E-state index is -0.306. The van der Waals surface area contributed by atoms with Gasteiger partial charge in [0.25, 0.3) is 0 Å². The van der Waals surface area contributed by atoms with E-state index in [1.165, 1.54) is 0 Å². The highest BCUT2D eigenvalue weighted by Crippen LogP contribution is 2.25. The quantitative estimate of drug-likeness (QED) is 0.776. The largest absolute Gasteiger partial charge is 0.314 e. The van der Waals surface area contributed by atoms with Gasteiger partial charge in [0.2, 0.25) is 0 Å². The summed E-state index contributed by atoms with van der Waals surface area (Å²) in [6.45, 7) is 3.47. The smallest absolute Gasteiger partial charge is 0.109 e. The van der Waals surface area contributed by atoms with Crippen LogP contribution in [-0.4, -0.2) is 37.8 Å². The van der Waals surface area contributed by atoms with Crippen LogP contribution in [-0.2, 0) is 0 Å². The third-order valence-corrected chi connectivity index (χ3v) is 3.99. The summed E-state index contributed by atoms with van der Waals surface area (Å²) < 4.78 is 14.4. The fourth-order valence-electron chi connectivity index (χ4n) is 2.12. The third-order valence-electron chi connectivity index (χ3n) is 3.00. The molecular formula is C12H18Cl2FIN2. The van der Waals surface area contributed by atoms with E-state index in [4.69, 9.17) is 0 Å². The molecule has 1 fully saturated rings. The number of alkyl halides is 1. The molecule has 104 valence electrons. The standard InChI is InChI=1S/C12H16FIN2.2ClH/c13-9-12(16-7-5-15-6-8-16)10-3-1-2-4-11(10)14;;/h1-4,12,15H,5-9H2;2*1H/t12-;;/m1../s1. The Labute approximate surface area is 134 Å². The molecule has 6 heteroatoms. The van der Waals surface area contributed by atoms with Crippen molar-refractivity contribution in [3.63, 3.8) is 0 Å². The number of benzene rings is 1. The summed E-state index contributed by atoms with van der Waals surface area (Å²) in [6, 6.07) is 7.99. The van der Waals surface area contributed by atoms with Crippen LogP contribution in [0.1, 0.15) is 11.6 Å². The lowest BCUT2D eigenvalue weighted by Gasteiger charge is -2.34. The van der Waals surface area contributed by atoms with Crippen molar-refractivity contribution in [3.05, 3.63) is 33.4 Å². The molecule has 0 saturated carbocycles. The number of piperazine rings is 1. The Bertz CT molecular complexity index is 349. The van der Waals surface area contributed by atoms with Crippen molar-refractivity contribution in [1.29, 1.82) is 0 Å². The zero-order valence-corrected chi connectivity index (χ0v) is 13.7. The van der Waals surface area contributed by atoms with E-state index < -0.39 is 0 Å².